The van der Waals surface area contributed by atoms with Crippen molar-refractivity contribution in [1.82, 2.24) is 0 Å². The van der Waals surface area contributed by atoms with Crippen molar-refractivity contribution < 1.29 is 9.53 Å². The van der Waals surface area contributed by atoms with E-state index in [0.29, 0.717) is 17.9 Å². The molecule has 0 unspecified atom stereocenters. The van der Waals surface area contributed by atoms with Gasteiger partial charge in [0.25, 0.3) is 0 Å². The van der Waals surface area contributed by atoms with E-state index in [1.54, 1.807) is 24.8 Å². The first-order valence-corrected chi connectivity index (χ1v) is 5.77. The van der Waals surface area contributed by atoms with E-state index in [2.05, 4.69) is 5.43 Å². The minimum Gasteiger partial charge on any atom is -0.462 e. The topological polar surface area (TPSA) is 64.3 Å². The standard InChI is InChI=1S/C10H14N2O2S/c1-3-14-10(13)8-5-4-7(15-2)6-9(8)12-11/h4-6,12H,3,11H2,1-2H3. The number of ether oxygens (including phenoxy) is 1. The summed E-state index contributed by atoms with van der Waals surface area (Å²) in [6.07, 6.45) is 1.96. The van der Waals surface area contributed by atoms with Crippen molar-refractivity contribution in [1.29, 1.82) is 0 Å². The number of anilines is 1. The van der Waals surface area contributed by atoms with Gasteiger partial charge in [0.2, 0.25) is 0 Å². The van der Waals surface area contributed by atoms with E-state index in [4.69, 9.17) is 10.6 Å². The van der Waals surface area contributed by atoms with Crippen molar-refractivity contribution in [2.45, 2.75) is 11.8 Å². The molecule has 0 amide bonds. The SMILES string of the molecule is CCOC(=O)c1ccc(SC)cc1NN. The third kappa shape index (κ3) is 2.87. The molecule has 0 saturated heterocycles. The summed E-state index contributed by atoms with van der Waals surface area (Å²) in [4.78, 5) is 12.5. The molecule has 0 aliphatic heterocycles. The van der Waals surface area contributed by atoms with E-state index in [1.165, 1.54) is 0 Å². The second kappa shape index (κ2) is 5.63. The molecular formula is C10H14N2O2S. The first kappa shape index (κ1) is 11.9. The monoisotopic (exact) mass is 226 g/mol. The second-order valence-corrected chi connectivity index (χ2v) is 3.66. The smallest absolute Gasteiger partial charge is 0.340 e. The lowest BCUT2D eigenvalue weighted by Crippen LogP contribution is -2.13. The number of thioether (sulfide) groups is 1. The zero-order valence-electron chi connectivity index (χ0n) is 8.74. The van der Waals surface area contributed by atoms with Gasteiger partial charge < -0.3 is 10.2 Å². The molecule has 1 rings (SSSR count). The molecule has 1 aromatic rings. The lowest BCUT2D eigenvalue weighted by molar-refractivity contribution is 0.0527. The fraction of sp³-hybridized carbons (Fsp3) is 0.300. The average molecular weight is 226 g/mol. The summed E-state index contributed by atoms with van der Waals surface area (Å²) < 4.78 is 4.90. The Morgan fingerprint density at radius 2 is 2.33 bits per heavy atom. The van der Waals surface area contributed by atoms with Crippen LogP contribution in [0.5, 0.6) is 0 Å². The Morgan fingerprint density at radius 1 is 1.60 bits per heavy atom. The molecule has 0 bridgehead atoms. The molecular weight excluding hydrogens is 212 g/mol. The minimum atomic E-state index is -0.363. The van der Waals surface area contributed by atoms with Crippen LogP contribution in [0, 0.1) is 0 Å². The first-order chi connectivity index (χ1) is 7.22. The lowest BCUT2D eigenvalue weighted by atomic mass is 10.2. The largest absolute Gasteiger partial charge is 0.462 e. The van der Waals surface area contributed by atoms with Crippen LogP contribution in [0.1, 0.15) is 17.3 Å². The molecule has 82 valence electrons. The molecule has 1 aromatic carbocycles. The third-order valence-electron chi connectivity index (χ3n) is 1.88. The summed E-state index contributed by atoms with van der Waals surface area (Å²) in [5.41, 5.74) is 3.53. The third-order valence-corrected chi connectivity index (χ3v) is 2.60. The number of nitrogens with two attached hydrogens (primary N) is 1. The van der Waals surface area contributed by atoms with E-state index in [1.807, 2.05) is 18.4 Å². The van der Waals surface area contributed by atoms with Crippen LogP contribution in [0.15, 0.2) is 23.1 Å². The number of hydrogen-bond acceptors (Lipinski definition) is 5. The van der Waals surface area contributed by atoms with Crippen molar-refractivity contribution in [2.75, 3.05) is 18.3 Å². The van der Waals surface area contributed by atoms with E-state index in [0.717, 1.165) is 4.90 Å². The Kier molecular flexibility index (Phi) is 4.45. The van der Waals surface area contributed by atoms with Crippen LogP contribution in [0.4, 0.5) is 5.69 Å². The van der Waals surface area contributed by atoms with Gasteiger partial charge in [0.05, 0.1) is 17.9 Å². The molecule has 0 radical (unpaired) electrons. The highest BCUT2D eigenvalue weighted by molar-refractivity contribution is 7.98. The van der Waals surface area contributed by atoms with Gasteiger partial charge in [-0.3, -0.25) is 5.84 Å². The summed E-state index contributed by atoms with van der Waals surface area (Å²) in [6, 6.07) is 5.38. The number of hydrogen-bond donors (Lipinski definition) is 2. The zero-order chi connectivity index (χ0) is 11.3. The molecule has 0 atom stereocenters. The minimum absolute atomic E-state index is 0.354. The predicted molar refractivity (Wildman–Crippen MR) is 62.0 cm³/mol. The Labute approximate surface area is 93.1 Å². The van der Waals surface area contributed by atoms with Crippen LogP contribution >= 0.6 is 11.8 Å². The van der Waals surface area contributed by atoms with Gasteiger partial charge in [-0.15, -0.1) is 11.8 Å². The van der Waals surface area contributed by atoms with Gasteiger partial charge in [0, 0.05) is 4.90 Å². The lowest BCUT2D eigenvalue weighted by Gasteiger charge is -2.09. The van der Waals surface area contributed by atoms with Crippen LogP contribution in [0.3, 0.4) is 0 Å². The maximum Gasteiger partial charge on any atom is 0.340 e. The first-order valence-electron chi connectivity index (χ1n) is 4.54. The Balaban J connectivity index is 3.02. The quantitative estimate of drug-likeness (QED) is 0.355. The zero-order valence-corrected chi connectivity index (χ0v) is 9.56. The average Bonchev–Trinajstić information content (AvgIpc) is 2.28. The van der Waals surface area contributed by atoms with Crippen LogP contribution in [0.25, 0.3) is 0 Å². The molecule has 15 heavy (non-hydrogen) atoms. The second-order valence-electron chi connectivity index (χ2n) is 2.78. The van der Waals surface area contributed by atoms with Crippen LogP contribution in [0.2, 0.25) is 0 Å². The molecule has 0 spiro atoms. The van der Waals surface area contributed by atoms with E-state index in [9.17, 15) is 4.79 Å². The number of hydrazine groups is 1. The summed E-state index contributed by atoms with van der Waals surface area (Å²) in [6.45, 7) is 2.12. The number of rotatable bonds is 4. The molecule has 0 fully saturated rings. The van der Waals surface area contributed by atoms with Gasteiger partial charge >= 0.3 is 5.97 Å². The highest BCUT2D eigenvalue weighted by atomic mass is 32.2. The molecule has 3 N–H and O–H groups in total. The number of carbonyl (C=O) groups excluding carboxylic acids is 1. The Hall–Kier alpha value is -1.20. The van der Waals surface area contributed by atoms with Crippen LogP contribution in [-0.2, 0) is 4.74 Å². The van der Waals surface area contributed by atoms with Gasteiger partial charge in [0.15, 0.2) is 0 Å². The fourth-order valence-corrected chi connectivity index (χ4v) is 1.60. The van der Waals surface area contributed by atoms with Crippen LogP contribution < -0.4 is 11.3 Å². The fourth-order valence-electron chi connectivity index (χ4n) is 1.16. The number of nitrogens with one attached hydrogen (secondary N) is 1. The molecule has 0 aliphatic carbocycles. The van der Waals surface area contributed by atoms with Gasteiger partial charge in [-0.2, -0.15) is 0 Å². The van der Waals surface area contributed by atoms with Crippen molar-refractivity contribution in [3.8, 4) is 0 Å². The Bertz CT molecular complexity index is 355. The maximum absolute atomic E-state index is 11.5. The molecule has 0 aromatic heterocycles. The maximum atomic E-state index is 11.5. The molecule has 5 heteroatoms. The van der Waals surface area contributed by atoms with E-state index < -0.39 is 0 Å². The summed E-state index contributed by atoms with van der Waals surface area (Å²) in [5.74, 6) is 4.98. The molecule has 4 nitrogen and oxygen atoms in total. The number of esters is 1. The van der Waals surface area contributed by atoms with Gasteiger partial charge in [-0.1, -0.05) is 0 Å². The van der Waals surface area contributed by atoms with Gasteiger partial charge in [-0.25, -0.2) is 4.79 Å². The predicted octanol–water partition coefficient (Wildman–Crippen LogP) is 1.87. The molecule has 0 saturated carbocycles. The van der Waals surface area contributed by atoms with Gasteiger partial charge in [-0.05, 0) is 31.4 Å². The van der Waals surface area contributed by atoms with Crippen molar-refractivity contribution in [3.63, 3.8) is 0 Å². The van der Waals surface area contributed by atoms with Gasteiger partial charge in [0.1, 0.15) is 0 Å². The number of carbonyl (C=O) groups is 1. The van der Waals surface area contributed by atoms with E-state index in [-0.39, 0.29) is 5.97 Å². The number of benzene rings is 1. The molecule has 0 aliphatic rings. The number of nitrogen functional groups attached to an aromatic ring is 1. The van der Waals surface area contributed by atoms with Crippen molar-refractivity contribution in [2.24, 2.45) is 5.84 Å². The summed E-state index contributed by atoms with van der Waals surface area (Å²) in [5, 5.41) is 0. The van der Waals surface area contributed by atoms with Crippen molar-refractivity contribution in [3.05, 3.63) is 23.8 Å². The summed E-state index contributed by atoms with van der Waals surface area (Å²) >= 11 is 1.58. The highest BCUT2D eigenvalue weighted by Crippen LogP contribution is 2.23. The Morgan fingerprint density at radius 3 is 2.87 bits per heavy atom. The highest BCUT2D eigenvalue weighted by Gasteiger charge is 2.11. The summed E-state index contributed by atoms with van der Waals surface area (Å²) in [7, 11) is 0. The van der Waals surface area contributed by atoms with Crippen LogP contribution in [-0.4, -0.2) is 18.8 Å². The van der Waals surface area contributed by atoms with Crippen molar-refractivity contribution >= 4 is 23.4 Å². The van der Waals surface area contributed by atoms with E-state index >= 15 is 0 Å². The normalized spacial score (nSPS) is 9.80. The molecule has 0 heterocycles.